The number of carbonyl (C=O) groups excluding carboxylic acids is 5. The largest absolute Gasteiger partial charge is 0.345 e. The standard InChI is InChI=1S/C30H41N5O5/c1-3-5-6-7-10-15-35-20-27(37)33-24(4-2)30(40)34-25(29(39)32-18-26(36)31-19-28(35)38)17-21-13-14-22-11-8-9-12-23(22)16-21/h8-9,11-14,16,24-25H,3-7,10,15,17-20H2,1-2H3,(H,31,36)(H,32,39)(H,33,37)(H,34,40). The molecular weight excluding hydrogens is 510 g/mol. The van der Waals surface area contributed by atoms with Crippen molar-refractivity contribution in [3.63, 3.8) is 0 Å². The topological polar surface area (TPSA) is 137 Å². The number of amides is 5. The highest BCUT2D eigenvalue weighted by molar-refractivity contribution is 5.95. The minimum Gasteiger partial charge on any atom is -0.345 e. The van der Waals surface area contributed by atoms with Crippen molar-refractivity contribution in [2.75, 3.05) is 26.2 Å². The number of unbranched alkanes of at least 4 members (excludes halogenated alkanes) is 4. The Morgan fingerprint density at radius 2 is 1.50 bits per heavy atom. The second-order valence-electron chi connectivity index (χ2n) is 10.2. The molecule has 4 N–H and O–H groups in total. The summed E-state index contributed by atoms with van der Waals surface area (Å²) >= 11 is 0. The number of benzene rings is 2. The molecule has 0 aromatic heterocycles. The molecule has 10 heteroatoms. The molecule has 1 aliphatic heterocycles. The van der Waals surface area contributed by atoms with E-state index in [0.717, 1.165) is 48.4 Å². The van der Waals surface area contributed by atoms with E-state index >= 15 is 0 Å². The van der Waals surface area contributed by atoms with Crippen molar-refractivity contribution in [3.05, 3.63) is 48.0 Å². The average Bonchev–Trinajstić information content (AvgIpc) is 2.95. The van der Waals surface area contributed by atoms with Crippen LogP contribution < -0.4 is 21.3 Å². The number of fused-ring (bicyclic) bond motifs is 1. The van der Waals surface area contributed by atoms with Gasteiger partial charge < -0.3 is 26.2 Å². The van der Waals surface area contributed by atoms with Crippen LogP contribution in [0.2, 0.25) is 0 Å². The van der Waals surface area contributed by atoms with Crippen molar-refractivity contribution >= 4 is 40.3 Å². The van der Waals surface area contributed by atoms with Gasteiger partial charge >= 0.3 is 0 Å². The third-order valence-corrected chi connectivity index (χ3v) is 7.03. The SMILES string of the molecule is CCCCCCCN1CC(=O)NC(CC)C(=O)NC(Cc2ccc3ccccc3c2)C(=O)NCC(=O)NCC1=O. The van der Waals surface area contributed by atoms with Crippen LogP contribution in [0, 0.1) is 0 Å². The lowest BCUT2D eigenvalue weighted by Crippen LogP contribution is -2.55. The highest BCUT2D eigenvalue weighted by Gasteiger charge is 2.28. The summed E-state index contributed by atoms with van der Waals surface area (Å²) in [6.45, 7) is 3.40. The quantitative estimate of drug-likeness (QED) is 0.353. The zero-order chi connectivity index (χ0) is 28.9. The average molecular weight is 552 g/mol. The number of hydrogen-bond acceptors (Lipinski definition) is 5. The van der Waals surface area contributed by atoms with Crippen LogP contribution in [0.15, 0.2) is 42.5 Å². The lowest BCUT2D eigenvalue weighted by atomic mass is 10.0. The molecule has 3 rings (SSSR count). The van der Waals surface area contributed by atoms with E-state index in [1.54, 1.807) is 6.92 Å². The second kappa shape index (κ2) is 15.6. The van der Waals surface area contributed by atoms with Gasteiger partial charge in [0, 0.05) is 13.0 Å². The summed E-state index contributed by atoms with van der Waals surface area (Å²) in [5, 5.41) is 12.6. The van der Waals surface area contributed by atoms with Crippen molar-refractivity contribution in [2.24, 2.45) is 0 Å². The lowest BCUT2D eigenvalue weighted by molar-refractivity contribution is -0.137. The Morgan fingerprint density at radius 3 is 2.25 bits per heavy atom. The van der Waals surface area contributed by atoms with Crippen LogP contribution in [0.5, 0.6) is 0 Å². The zero-order valence-electron chi connectivity index (χ0n) is 23.5. The first-order valence-corrected chi connectivity index (χ1v) is 14.2. The Morgan fingerprint density at radius 1 is 0.750 bits per heavy atom. The van der Waals surface area contributed by atoms with E-state index in [9.17, 15) is 24.0 Å². The molecule has 2 atom stereocenters. The lowest BCUT2D eigenvalue weighted by Gasteiger charge is -2.25. The molecule has 1 aliphatic rings. The fraction of sp³-hybridized carbons (Fsp3) is 0.500. The Labute approximate surface area is 235 Å². The smallest absolute Gasteiger partial charge is 0.243 e. The first-order chi connectivity index (χ1) is 19.3. The summed E-state index contributed by atoms with van der Waals surface area (Å²) in [7, 11) is 0. The van der Waals surface area contributed by atoms with Crippen molar-refractivity contribution < 1.29 is 24.0 Å². The van der Waals surface area contributed by atoms with Gasteiger partial charge in [-0.05, 0) is 29.2 Å². The molecule has 10 nitrogen and oxygen atoms in total. The van der Waals surface area contributed by atoms with E-state index in [1.807, 2.05) is 42.5 Å². The predicted octanol–water partition coefficient (Wildman–Crippen LogP) is 1.81. The minimum absolute atomic E-state index is 0.193. The molecule has 0 aliphatic carbocycles. The van der Waals surface area contributed by atoms with Crippen LogP contribution in [-0.2, 0) is 30.4 Å². The maximum atomic E-state index is 13.2. The van der Waals surface area contributed by atoms with Crippen molar-refractivity contribution in [1.82, 2.24) is 26.2 Å². The zero-order valence-corrected chi connectivity index (χ0v) is 23.5. The first-order valence-electron chi connectivity index (χ1n) is 14.2. The molecule has 1 heterocycles. The van der Waals surface area contributed by atoms with Gasteiger partial charge in [0.1, 0.15) is 12.1 Å². The van der Waals surface area contributed by atoms with Crippen molar-refractivity contribution in [1.29, 1.82) is 0 Å². The predicted molar refractivity (Wildman–Crippen MR) is 153 cm³/mol. The minimum atomic E-state index is -0.973. The summed E-state index contributed by atoms with van der Waals surface area (Å²) in [5.74, 6) is -2.44. The molecular formula is C30H41N5O5. The van der Waals surface area contributed by atoms with Gasteiger partial charge in [-0.2, -0.15) is 0 Å². The fourth-order valence-electron chi connectivity index (χ4n) is 4.69. The van der Waals surface area contributed by atoms with E-state index in [-0.39, 0.29) is 26.1 Å². The van der Waals surface area contributed by atoms with E-state index in [0.29, 0.717) is 13.0 Å². The Kier molecular flexibility index (Phi) is 11.9. The Hall–Kier alpha value is -3.95. The number of nitrogens with one attached hydrogen (secondary N) is 4. The Bertz CT molecular complexity index is 1200. The van der Waals surface area contributed by atoms with Gasteiger partial charge in [0.25, 0.3) is 0 Å². The summed E-state index contributed by atoms with van der Waals surface area (Å²) in [6, 6.07) is 11.8. The Balaban J connectivity index is 1.76. The molecule has 1 fully saturated rings. The van der Waals surface area contributed by atoms with Gasteiger partial charge in [0.05, 0.1) is 19.6 Å². The molecule has 2 unspecified atom stereocenters. The van der Waals surface area contributed by atoms with Crippen LogP contribution in [0.3, 0.4) is 0 Å². The number of rotatable bonds is 9. The second-order valence-corrected chi connectivity index (χ2v) is 10.2. The van der Waals surface area contributed by atoms with E-state index in [2.05, 4.69) is 28.2 Å². The molecule has 0 saturated carbocycles. The van der Waals surface area contributed by atoms with E-state index in [4.69, 9.17) is 0 Å². The summed E-state index contributed by atoms with van der Waals surface area (Å²) in [4.78, 5) is 65.9. The molecule has 0 bridgehead atoms. The summed E-state index contributed by atoms with van der Waals surface area (Å²) in [6.07, 6.45) is 5.39. The highest BCUT2D eigenvalue weighted by Crippen LogP contribution is 2.17. The maximum absolute atomic E-state index is 13.2. The third-order valence-electron chi connectivity index (χ3n) is 7.03. The van der Waals surface area contributed by atoms with Gasteiger partial charge in [-0.1, -0.05) is 82.0 Å². The molecule has 0 spiro atoms. The number of nitrogens with zero attached hydrogens (tertiary/aromatic N) is 1. The van der Waals surface area contributed by atoms with Crippen LogP contribution in [-0.4, -0.2) is 72.7 Å². The van der Waals surface area contributed by atoms with Gasteiger partial charge in [-0.3, -0.25) is 24.0 Å². The summed E-state index contributed by atoms with van der Waals surface area (Å²) in [5.41, 5.74) is 0.832. The van der Waals surface area contributed by atoms with Crippen molar-refractivity contribution in [2.45, 2.75) is 70.9 Å². The van der Waals surface area contributed by atoms with E-state index in [1.165, 1.54) is 4.90 Å². The van der Waals surface area contributed by atoms with Gasteiger partial charge in [0.2, 0.25) is 29.5 Å². The molecule has 5 amide bonds. The molecule has 40 heavy (non-hydrogen) atoms. The van der Waals surface area contributed by atoms with Crippen LogP contribution >= 0.6 is 0 Å². The van der Waals surface area contributed by atoms with Crippen LogP contribution in [0.1, 0.15) is 57.9 Å². The molecule has 1 saturated heterocycles. The molecule has 0 radical (unpaired) electrons. The molecule has 2 aromatic carbocycles. The van der Waals surface area contributed by atoms with Crippen LogP contribution in [0.25, 0.3) is 10.8 Å². The van der Waals surface area contributed by atoms with Gasteiger partial charge in [-0.15, -0.1) is 0 Å². The highest BCUT2D eigenvalue weighted by atomic mass is 16.2. The maximum Gasteiger partial charge on any atom is 0.243 e. The fourth-order valence-corrected chi connectivity index (χ4v) is 4.69. The normalized spacial score (nSPS) is 19.8. The molecule has 2 aromatic rings. The van der Waals surface area contributed by atoms with E-state index < -0.39 is 41.6 Å². The molecule has 216 valence electrons. The number of hydrogen-bond donors (Lipinski definition) is 4. The van der Waals surface area contributed by atoms with Gasteiger partial charge in [0.15, 0.2) is 0 Å². The van der Waals surface area contributed by atoms with Gasteiger partial charge in [-0.25, -0.2) is 0 Å². The first kappa shape index (κ1) is 30.6. The van der Waals surface area contributed by atoms with Crippen molar-refractivity contribution in [3.8, 4) is 0 Å². The monoisotopic (exact) mass is 551 g/mol. The third kappa shape index (κ3) is 9.36. The van der Waals surface area contributed by atoms with Crippen LogP contribution in [0.4, 0.5) is 0 Å². The number of carbonyl (C=O) groups is 5. The summed E-state index contributed by atoms with van der Waals surface area (Å²) < 4.78 is 0.